The molecule has 4 heteroatoms. The quantitative estimate of drug-likeness (QED) is 0.491. The third kappa shape index (κ3) is 4.43. The van der Waals surface area contributed by atoms with Gasteiger partial charge in [0.05, 0.1) is 23.2 Å². The lowest BCUT2D eigenvalue weighted by atomic mass is 9.96. The summed E-state index contributed by atoms with van der Waals surface area (Å²) in [6.45, 7) is 6.36. The number of ether oxygens (including phenoxy) is 1. The zero-order chi connectivity index (χ0) is 14.4. The number of nitrogens with two attached hydrogens (primary N) is 1. The number of nitrogen functional groups attached to an aromatic ring is 1. The van der Waals surface area contributed by atoms with Gasteiger partial charge in [0.15, 0.2) is 0 Å². The van der Waals surface area contributed by atoms with Gasteiger partial charge in [0.2, 0.25) is 0 Å². The Hall–Kier alpha value is -1.22. The molecule has 0 radical (unpaired) electrons. The Morgan fingerprint density at radius 1 is 1.47 bits per heavy atom. The molecule has 0 fully saturated rings. The highest BCUT2D eigenvalue weighted by Gasteiger charge is 2.17. The molecule has 0 amide bonds. The number of rotatable bonds is 6. The molecule has 1 aromatic rings. The van der Waals surface area contributed by atoms with E-state index in [0.29, 0.717) is 23.7 Å². The number of hydrogen-bond acceptors (Lipinski definition) is 3. The molecule has 0 aliphatic carbocycles. The molecule has 1 aromatic carbocycles. The van der Waals surface area contributed by atoms with Crippen LogP contribution in [0.4, 0.5) is 5.69 Å². The van der Waals surface area contributed by atoms with Gasteiger partial charge >= 0.3 is 5.97 Å². The van der Waals surface area contributed by atoms with Gasteiger partial charge in [-0.05, 0) is 37.0 Å². The maximum absolute atomic E-state index is 11.8. The first kappa shape index (κ1) is 15.8. The lowest BCUT2D eigenvalue weighted by Gasteiger charge is -2.14. The maximum atomic E-state index is 11.8. The van der Waals surface area contributed by atoms with Gasteiger partial charge in [0, 0.05) is 0 Å². The first-order valence-electron chi connectivity index (χ1n) is 6.67. The lowest BCUT2D eigenvalue weighted by molar-refractivity contribution is -0.148. The SMILES string of the molecule is CCCCOC(=O)C(C)Cc1ccc(Cl)c(N)c1C. The molecule has 106 valence electrons. The molecule has 0 bridgehead atoms. The second-order valence-electron chi connectivity index (χ2n) is 4.87. The van der Waals surface area contributed by atoms with Crippen molar-refractivity contribution in [1.82, 2.24) is 0 Å². The van der Waals surface area contributed by atoms with Crippen molar-refractivity contribution < 1.29 is 9.53 Å². The van der Waals surface area contributed by atoms with E-state index < -0.39 is 0 Å². The predicted octanol–water partition coefficient (Wildman–Crippen LogP) is 3.75. The van der Waals surface area contributed by atoms with Gasteiger partial charge < -0.3 is 10.5 Å². The number of halogens is 1. The Labute approximate surface area is 120 Å². The van der Waals surface area contributed by atoms with Crippen molar-refractivity contribution in [3.63, 3.8) is 0 Å². The largest absolute Gasteiger partial charge is 0.465 e. The molecule has 3 nitrogen and oxygen atoms in total. The molecule has 1 unspecified atom stereocenters. The van der Waals surface area contributed by atoms with E-state index in [4.69, 9.17) is 22.1 Å². The third-order valence-electron chi connectivity index (χ3n) is 3.24. The Morgan fingerprint density at radius 2 is 2.16 bits per heavy atom. The predicted molar refractivity (Wildman–Crippen MR) is 79.3 cm³/mol. The fourth-order valence-corrected chi connectivity index (χ4v) is 2.04. The molecule has 2 N–H and O–H groups in total. The molecule has 1 atom stereocenters. The molecule has 0 saturated heterocycles. The van der Waals surface area contributed by atoms with Crippen LogP contribution in [0.2, 0.25) is 5.02 Å². The molecule has 0 aliphatic heterocycles. The Kier molecular flexibility index (Phi) is 6.16. The standard InChI is InChI=1S/C15H22ClNO2/c1-4-5-8-19-15(18)10(2)9-12-6-7-13(16)14(17)11(12)3/h6-7,10H,4-5,8-9,17H2,1-3H3. The van der Waals surface area contributed by atoms with Gasteiger partial charge in [-0.2, -0.15) is 0 Å². The molecule has 0 aromatic heterocycles. The minimum absolute atomic E-state index is 0.152. The van der Waals surface area contributed by atoms with Crippen LogP contribution in [-0.2, 0) is 16.0 Å². The molecular formula is C15H22ClNO2. The van der Waals surface area contributed by atoms with Gasteiger partial charge in [-0.15, -0.1) is 0 Å². The summed E-state index contributed by atoms with van der Waals surface area (Å²) in [5, 5.41) is 0.555. The zero-order valence-corrected chi connectivity index (χ0v) is 12.6. The van der Waals surface area contributed by atoms with Gasteiger partial charge in [-0.25, -0.2) is 0 Å². The highest BCUT2D eigenvalue weighted by Crippen LogP contribution is 2.26. The Bertz CT molecular complexity index is 446. The first-order chi connectivity index (χ1) is 8.97. The van der Waals surface area contributed by atoms with Crippen molar-refractivity contribution in [3.05, 3.63) is 28.3 Å². The molecule has 19 heavy (non-hydrogen) atoms. The van der Waals surface area contributed by atoms with Crippen molar-refractivity contribution in [2.45, 2.75) is 40.0 Å². The average Bonchev–Trinajstić information content (AvgIpc) is 2.39. The number of anilines is 1. The Morgan fingerprint density at radius 3 is 2.79 bits per heavy atom. The fraction of sp³-hybridized carbons (Fsp3) is 0.533. The first-order valence-corrected chi connectivity index (χ1v) is 7.05. The van der Waals surface area contributed by atoms with E-state index in [0.717, 1.165) is 24.0 Å². The summed E-state index contributed by atoms with van der Waals surface area (Å²) in [4.78, 5) is 11.8. The van der Waals surface area contributed by atoms with E-state index in [1.807, 2.05) is 19.9 Å². The van der Waals surface area contributed by atoms with Crippen molar-refractivity contribution in [2.75, 3.05) is 12.3 Å². The van der Waals surface area contributed by atoms with E-state index in [-0.39, 0.29) is 11.9 Å². The molecule has 0 saturated carbocycles. The molecule has 0 aliphatic rings. The van der Waals surface area contributed by atoms with Gasteiger partial charge in [0.25, 0.3) is 0 Å². The molecule has 0 spiro atoms. The van der Waals surface area contributed by atoms with Crippen molar-refractivity contribution in [3.8, 4) is 0 Å². The van der Waals surface area contributed by atoms with Crippen LogP contribution in [0.25, 0.3) is 0 Å². The minimum atomic E-state index is -0.170. The fourth-order valence-electron chi connectivity index (χ4n) is 1.83. The van der Waals surface area contributed by atoms with Crippen molar-refractivity contribution in [1.29, 1.82) is 0 Å². The average molecular weight is 284 g/mol. The van der Waals surface area contributed by atoms with Gasteiger partial charge in [-0.1, -0.05) is 37.9 Å². The highest BCUT2D eigenvalue weighted by molar-refractivity contribution is 6.33. The van der Waals surface area contributed by atoms with E-state index in [1.54, 1.807) is 6.07 Å². The van der Waals surface area contributed by atoms with Gasteiger partial charge in [-0.3, -0.25) is 4.79 Å². The second kappa shape index (κ2) is 7.39. The Balaban J connectivity index is 2.64. The van der Waals surface area contributed by atoms with Crippen LogP contribution in [0.5, 0.6) is 0 Å². The van der Waals surface area contributed by atoms with Crippen LogP contribution < -0.4 is 5.73 Å². The van der Waals surface area contributed by atoms with E-state index in [1.165, 1.54) is 0 Å². The van der Waals surface area contributed by atoms with Crippen LogP contribution in [-0.4, -0.2) is 12.6 Å². The number of unbranched alkanes of at least 4 members (excludes halogenated alkanes) is 1. The summed E-state index contributed by atoms with van der Waals surface area (Å²) < 4.78 is 5.21. The second-order valence-corrected chi connectivity index (χ2v) is 5.28. The lowest BCUT2D eigenvalue weighted by Crippen LogP contribution is -2.18. The van der Waals surface area contributed by atoms with Crippen molar-refractivity contribution >= 4 is 23.3 Å². The number of carbonyl (C=O) groups excluding carboxylic acids is 1. The third-order valence-corrected chi connectivity index (χ3v) is 3.57. The summed E-state index contributed by atoms with van der Waals surface area (Å²) in [5.74, 6) is -0.322. The minimum Gasteiger partial charge on any atom is -0.465 e. The normalized spacial score (nSPS) is 12.2. The topological polar surface area (TPSA) is 52.3 Å². The van der Waals surface area contributed by atoms with Crippen LogP contribution in [0.3, 0.4) is 0 Å². The monoisotopic (exact) mass is 283 g/mol. The number of esters is 1. The smallest absolute Gasteiger partial charge is 0.308 e. The van der Waals surface area contributed by atoms with Crippen LogP contribution >= 0.6 is 11.6 Å². The summed E-state index contributed by atoms with van der Waals surface area (Å²) in [7, 11) is 0. The van der Waals surface area contributed by atoms with E-state index >= 15 is 0 Å². The summed E-state index contributed by atoms with van der Waals surface area (Å²) in [5.41, 5.74) is 8.46. The molecule has 1 rings (SSSR count). The maximum Gasteiger partial charge on any atom is 0.308 e. The highest BCUT2D eigenvalue weighted by atomic mass is 35.5. The summed E-state index contributed by atoms with van der Waals surface area (Å²) in [6.07, 6.45) is 2.55. The number of hydrogen-bond donors (Lipinski definition) is 1. The zero-order valence-electron chi connectivity index (χ0n) is 11.8. The van der Waals surface area contributed by atoms with E-state index in [2.05, 4.69) is 6.92 Å². The van der Waals surface area contributed by atoms with Gasteiger partial charge in [0.1, 0.15) is 0 Å². The van der Waals surface area contributed by atoms with E-state index in [9.17, 15) is 4.79 Å². The number of benzene rings is 1. The summed E-state index contributed by atoms with van der Waals surface area (Å²) in [6, 6.07) is 3.69. The summed E-state index contributed by atoms with van der Waals surface area (Å²) >= 11 is 5.95. The molecule has 0 heterocycles. The van der Waals surface area contributed by atoms with Crippen LogP contribution in [0.1, 0.15) is 37.8 Å². The number of carbonyl (C=O) groups is 1. The molecular weight excluding hydrogens is 262 g/mol. The van der Waals surface area contributed by atoms with Crippen LogP contribution in [0, 0.1) is 12.8 Å². The van der Waals surface area contributed by atoms with Crippen LogP contribution in [0.15, 0.2) is 12.1 Å². The van der Waals surface area contributed by atoms with Crippen molar-refractivity contribution in [2.24, 2.45) is 5.92 Å².